The second kappa shape index (κ2) is 7.15. The molecule has 0 amide bonds. The first-order chi connectivity index (χ1) is 9.59. The number of hydrogen-bond donors (Lipinski definition) is 3. The van der Waals surface area contributed by atoms with Crippen molar-refractivity contribution in [2.24, 2.45) is 10.2 Å². The zero-order valence-electron chi connectivity index (χ0n) is 11.1. The molecule has 3 N–H and O–H groups in total. The maximum Gasteiger partial charge on any atom is 0.129 e. The van der Waals surface area contributed by atoms with E-state index in [0.29, 0.717) is 5.56 Å². The maximum atomic E-state index is 10.9. The van der Waals surface area contributed by atoms with E-state index in [1.54, 1.807) is 24.3 Å². The molecule has 1 rings (SSSR count). The van der Waals surface area contributed by atoms with Gasteiger partial charge >= 0.3 is 0 Å². The quantitative estimate of drug-likeness (QED) is 0.355. The smallest absolute Gasteiger partial charge is 0.129 e. The van der Waals surface area contributed by atoms with Crippen LogP contribution in [0, 0.1) is 10.8 Å². The fraction of sp³-hybridized carbons (Fsp3) is 0.231. The predicted molar refractivity (Wildman–Crippen MR) is 80.4 cm³/mol. The Balaban J connectivity index is 3.10. The molecule has 0 bridgehead atoms. The summed E-state index contributed by atoms with van der Waals surface area (Å²) in [7, 11) is 0. The molecule has 1 aromatic rings. The van der Waals surface area contributed by atoms with Crippen molar-refractivity contribution >= 4 is 26.1 Å². The minimum atomic E-state index is -1.38. The highest BCUT2D eigenvalue weighted by atomic mass is 16.3. The van der Waals surface area contributed by atoms with Crippen molar-refractivity contribution in [3.8, 4) is 0 Å². The van der Waals surface area contributed by atoms with Gasteiger partial charge in [0.2, 0.25) is 0 Å². The number of hydrogen-bond acceptors (Lipinski definition) is 5. The van der Waals surface area contributed by atoms with Crippen LogP contribution in [-0.4, -0.2) is 54.3 Å². The Bertz CT molecular complexity index is 437. The third-order valence-corrected chi connectivity index (χ3v) is 2.82. The highest BCUT2D eigenvalue weighted by Crippen LogP contribution is 2.23. The molecule has 0 heterocycles. The van der Waals surface area contributed by atoms with Crippen molar-refractivity contribution < 1.29 is 5.11 Å². The van der Waals surface area contributed by atoms with Crippen LogP contribution >= 0.6 is 0 Å². The van der Waals surface area contributed by atoms with Crippen LogP contribution in [0.2, 0.25) is 0 Å². The Labute approximate surface area is 117 Å². The van der Waals surface area contributed by atoms with Gasteiger partial charge in [-0.25, -0.2) is 0 Å². The molecule has 0 saturated carbocycles. The Morgan fingerprint density at radius 2 is 1.50 bits per heavy atom. The molecule has 0 saturated heterocycles. The predicted octanol–water partition coefficient (Wildman–Crippen LogP) is 0.924. The van der Waals surface area contributed by atoms with E-state index >= 15 is 0 Å². The van der Waals surface area contributed by atoms with Gasteiger partial charge in [0.05, 0.1) is 13.1 Å². The summed E-state index contributed by atoms with van der Waals surface area (Å²) in [6.07, 6.45) is 1.94. The number of nitrogens with zero attached hydrogens (tertiary/aromatic N) is 4. The molecule has 106 valence electrons. The van der Waals surface area contributed by atoms with E-state index in [-0.39, 0.29) is 13.1 Å². The van der Waals surface area contributed by atoms with Gasteiger partial charge in [-0.15, -0.1) is 0 Å². The van der Waals surface area contributed by atoms with E-state index in [9.17, 15) is 5.11 Å². The van der Waals surface area contributed by atoms with Gasteiger partial charge in [0, 0.05) is 13.4 Å². The Morgan fingerprint density at radius 3 is 1.85 bits per heavy atom. The summed E-state index contributed by atoms with van der Waals surface area (Å²) >= 11 is 0. The van der Waals surface area contributed by atoms with Crippen molar-refractivity contribution in [3.05, 3.63) is 35.9 Å². The van der Waals surface area contributed by atoms with E-state index in [0.717, 1.165) is 12.7 Å². The van der Waals surface area contributed by atoms with Crippen LogP contribution in [0.5, 0.6) is 0 Å². The molecule has 0 radical (unpaired) electrons. The van der Waals surface area contributed by atoms with Crippen molar-refractivity contribution in [2.45, 2.75) is 5.60 Å². The summed E-state index contributed by atoms with van der Waals surface area (Å²) in [5.74, 6) is 0. The lowest BCUT2D eigenvalue weighted by atomic mass is 9.93. The summed E-state index contributed by atoms with van der Waals surface area (Å²) in [4.78, 5) is 0. The molecule has 7 heteroatoms. The van der Waals surface area contributed by atoms with Gasteiger partial charge in [0.25, 0.3) is 0 Å². The van der Waals surface area contributed by atoms with Crippen molar-refractivity contribution in [1.82, 2.24) is 10.0 Å². The zero-order valence-corrected chi connectivity index (χ0v) is 11.1. The minimum Gasteiger partial charge on any atom is -0.381 e. The molecule has 0 aliphatic carbocycles. The van der Waals surface area contributed by atoms with Crippen LogP contribution in [0.15, 0.2) is 40.5 Å². The van der Waals surface area contributed by atoms with Crippen LogP contribution in [0.4, 0.5) is 0 Å². The maximum absolute atomic E-state index is 10.9. The topological polar surface area (TPSA) is 99.1 Å². The fourth-order valence-electron chi connectivity index (χ4n) is 1.79. The van der Waals surface area contributed by atoms with Crippen LogP contribution in [0.3, 0.4) is 0 Å². The van der Waals surface area contributed by atoms with Crippen LogP contribution in [0.1, 0.15) is 5.56 Å². The molecular weight excluding hydrogens is 256 g/mol. The second-order valence-corrected chi connectivity index (χ2v) is 4.13. The fourth-order valence-corrected chi connectivity index (χ4v) is 1.79. The lowest BCUT2D eigenvalue weighted by Gasteiger charge is -2.33. The average molecular weight is 274 g/mol. The number of rotatable bonds is 9. The summed E-state index contributed by atoms with van der Waals surface area (Å²) < 4.78 is 0. The van der Waals surface area contributed by atoms with E-state index in [2.05, 4.69) is 23.6 Å². The van der Waals surface area contributed by atoms with Gasteiger partial charge in [-0.3, -0.25) is 20.8 Å². The lowest BCUT2D eigenvalue weighted by molar-refractivity contribution is -0.000259. The second-order valence-electron chi connectivity index (χ2n) is 4.13. The number of hydrazone groups is 2. The van der Waals surface area contributed by atoms with Crippen molar-refractivity contribution in [2.75, 3.05) is 13.1 Å². The molecule has 20 heavy (non-hydrogen) atoms. The van der Waals surface area contributed by atoms with Gasteiger partial charge in [-0.05, 0) is 5.56 Å². The first-order valence-corrected chi connectivity index (χ1v) is 5.85. The molecule has 7 nitrogen and oxygen atoms in total. The van der Waals surface area contributed by atoms with E-state index < -0.39 is 5.60 Å². The highest BCUT2D eigenvalue weighted by Gasteiger charge is 2.33. The largest absolute Gasteiger partial charge is 0.381 e. The van der Waals surface area contributed by atoms with Gasteiger partial charge in [-0.2, -0.15) is 10.2 Å². The van der Waals surface area contributed by atoms with Gasteiger partial charge in [0.15, 0.2) is 0 Å². The van der Waals surface area contributed by atoms with Crippen LogP contribution in [-0.2, 0) is 5.60 Å². The molecule has 0 aliphatic rings. The Kier molecular flexibility index (Phi) is 5.55. The summed E-state index contributed by atoms with van der Waals surface area (Å²) in [6.45, 7) is 6.73. The Hall–Kier alpha value is -2.54. The standard InChI is InChI=1S/C13H18N6O/c1-16-18(10-14)8-13(20,9-19(11-15)17-2)12-6-4-3-5-7-12/h3-7,10-11,14-15,20H,1-2,8-9H2. The van der Waals surface area contributed by atoms with Gasteiger partial charge in [0.1, 0.15) is 18.3 Å². The first kappa shape index (κ1) is 15.5. The SMILES string of the molecule is C=NN(C=N)CC(O)(CN(C=N)N=C)c1ccccc1. The Morgan fingerprint density at radius 1 is 1.05 bits per heavy atom. The summed E-state index contributed by atoms with van der Waals surface area (Å²) in [5.41, 5.74) is -0.746. The number of nitrogens with one attached hydrogen (secondary N) is 2. The average Bonchev–Trinajstić information content (AvgIpc) is 2.51. The number of benzene rings is 1. The molecule has 0 spiro atoms. The van der Waals surface area contributed by atoms with Gasteiger partial charge in [-0.1, -0.05) is 30.3 Å². The summed E-state index contributed by atoms with van der Waals surface area (Å²) in [6, 6.07) is 8.95. The third kappa shape index (κ3) is 3.72. The molecule has 0 aromatic heterocycles. The molecule has 0 atom stereocenters. The lowest BCUT2D eigenvalue weighted by Crippen LogP contribution is -2.45. The van der Waals surface area contributed by atoms with E-state index in [1.165, 1.54) is 10.0 Å². The van der Waals surface area contributed by atoms with Crippen LogP contribution in [0.25, 0.3) is 0 Å². The zero-order chi connectivity index (χ0) is 15.0. The highest BCUT2D eigenvalue weighted by molar-refractivity contribution is 5.53. The van der Waals surface area contributed by atoms with Crippen LogP contribution < -0.4 is 0 Å². The molecule has 0 aliphatic heterocycles. The molecular formula is C13H18N6O. The van der Waals surface area contributed by atoms with Crippen molar-refractivity contribution in [3.63, 3.8) is 0 Å². The van der Waals surface area contributed by atoms with E-state index in [1.807, 2.05) is 6.07 Å². The molecule has 1 aromatic carbocycles. The third-order valence-electron chi connectivity index (χ3n) is 2.82. The van der Waals surface area contributed by atoms with E-state index in [4.69, 9.17) is 10.8 Å². The molecule has 0 fully saturated rings. The first-order valence-electron chi connectivity index (χ1n) is 5.85. The normalized spacial score (nSPS) is 12.8. The summed E-state index contributed by atoms with van der Waals surface area (Å²) in [5, 5.41) is 35.0. The minimum absolute atomic E-state index is 0.0177. The monoisotopic (exact) mass is 274 g/mol. The number of aliphatic hydroxyl groups is 1. The van der Waals surface area contributed by atoms with Crippen molar-refractivity contribution in [1.29, 1.82) is 10.8 Å². The van der Waals surface area contributed by atoms with Gasteiger partial charge < -0.3 is 5.11 Å². The molecule has 0 unspecified atom stereocenters.